The molecule has 0 aliphatic carbocycles. The molecule has 2 heterocycles. The van der Waals surface area contributed by atoms with E-state index in [2.05, 4.69) is 21.3 Å². The van der Waals surface area contributed by atoms with Gasteiger partial charge in [-0.25, -0.2) is 23.1 Å². The van der Waals surface area contributed by atoms with Gasteiger partial charge in [-0.3, -0.25) is 4.79 Å². The monoisotopic (exact) mass is 568 g/mol. The largest absolute Gasteiger partial charge is 0.308 e. The number of carbonyl (C=O) groups is 1. The summed E-state index contributed by atoms with van der Waals surface area (Å²) < 4.78 is 29.5. The lowest BCUT2D eigenvalue weighted by molar-refractivity contribution is 0.0977. The molecule has 5 aromatic rings. The number of aromatic nitrogens is 3. The molecule has 0 atom stereocenters. The molecular formula is C31H25ClN4O3S. The molecule has 200 valence electrons. The van der Waals surface area contributed by atoms with Crippen LogP contribution in [0.3, 0.4) is 0 Å². The predicted molar refractivity (Wildman–Crippen MR) is 159 cm³/mol. The Hall–Kier alpha value is -4.53. The number of hydrogen-bond donors (Lipinski definition) is 1. The van der Waals surface area contributed by atoms with Crippen LogP contribution in [0.2, 0.25) is 5.02 Å². The van der Waals surface area contributed by atoms with Crippen molar-refractivity contribution in [3.63, 3.8) is 0 Å². The fourth-order valence-electron chi connectivity index (χ4n) is 4.17. The van der Waals surface area contributed by atoms with Crippen LogP contribution < -0.4 is 4.72 Å². The van der Waals surface area contributed by atoms with Gasteiger partial charge in [-0.2, -0.15) is 0 Å². The van der Waals surface area contributed by atoms with Crippen LogP contribution in [0.25, 0.3) is 29.4 Å². The van der Waals surface area contributed by atoms with Crippen molar-refractivity contribution in [2.75, 3.05) is 0 Å². The van der Waals surface area contributed by atoms with E-state index >= 15 is 0 Å². The van der Waals surface area contributed by atoms with Crippen molar-refractivity contribution in [1.82, 2.24) is 19.3 Å². The number of sulfonamides is 1. The van der Waals surface area contributed by atoms with Crippen molar-refractivity contribution in [2.45, 2.75) is 18.4 Å². The number of halogens is 1. The first-order valence-corrected chi connectivity index (χ1v) is 14.2. The number of carbonyl (C=O) groups excluding carboxylic acids is 1. The smallest absolute Gasteiger partial charge is 0.283 e. The van der Waals surface area contributed by atoms with E-state index in [4.69, 9.17) is 11.6 Å². The predicted octanol–water partition coefficient (Wildman–Crippen LogP) is 6.37. The number of imidazole rings is 1. The number of nitrogens with zero attached hydrogens (tertiary/aromatic N) is 3. The Morgan fingerprint density at radius 1 is 0.925 bits per heavy atom. The highest BCUT2D eigenvalue weighted by atomic mass is 35.5. The maximum Gasteiger partial charge on any atom is 0.283 e. The lowest BCUT2D eigenvalue weighted by atomic mass is 10.1. The van der Waals surface area contributed by atoms with E-state index in [0.717, 1.165) is 22.3 Å². The van der Waals surface area contributed by atoms with E-state index in [1.165, 1.54) is 18.2 Å². The average Bonchev–Trinajstić information content (AvgIpc) is 3.27. The minimum absolute atomic E-state index is 0.0369. The highest BCUT2D eigenvalue weighted by Gasteiger charge is 2.21. The van der Waals surface area contributed by atoms with E-state index in [9.17, 15) is 13.2 Å². The number of pyridine rings is 1. The zero-order valence-electron chi connectivity index (χ0n) is 21.6. The maximum absolute atomic E-state index is 12.9. The second-order valence-corrected chi connectivity index (χ2v) is 11.2. The molecule has 1 N–H and O–H groups in total. The molecular weight excluding hydrogens is 544 g/mol. The summed E-state index contributed by atoms with van der Waals surface area (Å²) in [4.78, 5) is 21.9. The Kier molecular flexibility index (Phi) is 7.64. The molecule has 3 aromatic carbocycles. The quantitative estimate of drug-likeness (QED) is 0.219. The Morgan fingerprint density at radius 3 is 2.33 bits per heavy atom. The summed E-state index contributed by atoms with van der Waals surface area (Å²) >= 11 is 6.64. The molecule has 0 saturated carbocycles. The van der Waals surface area contributed by atoms with Gasteiger partial charge in [0.2, 0.25) is 0 Å². The molecule has 40 heavy (non-hydrogen) atoms. The van der Waals surface area contributed by atoms with Crippen LogP contribution in [0.4, 0.5) is 0 Å². The molecule has 0 saturated heterocycles. The van der Waals surface area contributed by atoms with Gasteiger partial charge in [-0.15, -0.1) is 0 Å². The van der Waals surface area contributed by atoms with Crippen LogP contribution in [0.1, 0.15) is 38.6 Å². The van der Waals surface area contributed by atoms with E-state index in [0.29, 0.717) is 28.6 Å². The molecule has 1 amide bonds. The van der Waals surface area contributed by atoms with Crippen LogP contribution in [-0.4, -0.2) is 28.9 Å². The summed E-state index contributed by atoms with van der Waals surface area (Å²) in [6.07, 6.45) is 5.62. The van der Waals surface area contributed by atoms with Crippen LogP contribution in [0.15, 0.2) is 96.4 Å². The lowest BCUT2D eigenvalue weighted by Crippen LogP contribution is -2.31. The minimum atomic E-state index is -4.09. The highest BCUT2D eigenvalue weighted by molar-refractivity contribution is 7.90. The maximum atomic E-state index is 12.9. The van der Waals surface area contributed by atoms with Crippen LogP contribution >= 0.6 is 11.6 Å². The van der Waals surface area contributed by atoms with Gasteiger partial charge in [0.05, 0.1) is 11.4 Å². The Bertz CT molecular complexity index is 1860. The first kappa shape index (κ1) is 27.1. The fourth-order valence-corrected chi connectivity index (χ4v) is 5.38. The highest BCUT2D eigenvalue weighted by Crippen LogP contribution is 2.24. The number of amides is 1. The number of rotatable bonds is 8. The number of nitrogens with one attached hydrogen (secondary N) is 1. The lowest BCUT2D eigenvalue weighted by Gasteiger charge is -2.10. The van der Waals surface area contributed by atoms with Crippen molar-refractivity contribution in [3.8, 4) is 0 Å². The van der Waals surface area contributed by atoms with E-state index in [-0.39, 0.29) is 10.6 Å². The van der Waals surface area contributed by atoms with Crippen LogP contribution in [0.5, 0.6) is 0 Å². The summed E-state index contributed by atoms with van der Waals surface area (Å²) in [7, 11) is -4.09. The molecule has 7 nitrogen and oxygen atoms in total. The van der Waals surface area contributed by atoms with Crippen molar-refractivity contribution in [3.05, 3.63) is 130 Å². The van der Waals surface area contributed by atoms with Gasteiger partial charge >= 0.3 is 0 Å². The SMILES string of the molecule is C=Cc1ccc(S(=O)(=O)NC(=O)c2ccc3nc(C)n(Cc4ccc(/C=C/c5ccccc5)cc4Cl)c3n2)cc1. The van der Waals surface area contributed by atoms with Gasteiger partial charge in [0.1, 0.15) is 17.0 Å². The molecule has 0 aliphatic heterocycles. The molecule has 5 rings (SSSR count). The first-order valence-electron chi connectivity index (χ1n) is 12.4. The molecule has 0 radical (unpaired) electrons. The topological polar surface area (TPSA) is 94.0 Å². The zero-order chi connectivity index (χ0) is 28.3. The Labute approximate surface area is 237 Å². The van der Waals surface area contributed by atoms with Gasteiger partial charge in [0.15, 0.2) is 5.65 Å². The molecule has 0 aliphatic rings. The summed E-state index contributed by atoms with van der Waals surface area (Å²) in [6.45, 7) is 5.86. The average molecular weight is 569 g/mol. The number of benzene rings is 3. The van der Waals surface area contributed by atoms with Gasteiger partial charge in [0, 0.05) is 5.02 Å². The van der Waals surface area contributed by atoms with Gasteiger partial charge in [0.25, 0.3) is 15.9 Å². The van der Waals surface area contributed by atoms with Crippen molar-refractivity contribution in [2.24, 2.45) is 0 Å². The third kappa shape index (κ3) is 5.88. The number of fused-ring (bicyclic) bond motifs is 1. The van der Waals surface area contributed by atoms with E-state index in [1.807, 2.05) is 72.2 Å². The van der Waals surface area contributed by atoms with E-state index in [1.54, 1.807) is 24.3 Å². The molecule has 0 unspecified atom stereocenters. The normalized spacial score (nSPS) is 11.7. The fraction of sp³-hybridized carbons (Fsp3) is 0.0645. The zero-order valence-corrected chi connectivity index (χ0v) is 23.2. The van der Waals surface area contributed by atoms with Crippen LogP contribution in [0, 0.1) is 6.92 Å². The summed E-state index contributed by atoms with van der Waals surface area (Å²) in [5, 5.41) is 0.582. The minimum Gasteiger partial charge on any atom is -0.308 e. The van der Waals surface area contributed by atoms with Crippen molar-refractivity contribution in [1.29, 1.82) is 0 Å². The third-order valence-corrected chi connectivity index (χ3v) is 8.04. The first-order chi connectivity index (χ1) is 19.2. The van der Waals surface area contributed by atoms with E-state index < -0.39 is 15.9 Å². The Morgan fingerprint density at radius 2 is 1.62 bits per heavy atom. The standard InChI is InChI=1S/C31H25ClN4O3S/c1-3-22-12-15-26(16-13-22)40(38,39)35-31(37)29-18-17-28-30(34-29)36(21(2)33-28)20-25-14-11-24(19-27(25)32)10-9-23-7-5-4-6-8-23/h3-19H,1,20H2,2H3,(H,35,37)/b10-9+. The van der Waals surface area contributed by atoms with Gasteiger partial charge in [-0.05, 0) is 59.5 Å². The number of aryl methyl sites for hydroxylation is 1. The second kappa shape index (κ2) is 11.3. The molecule has 0 fully saturated rings. The Balaban J connectivity index is 1.38. The number of hydrogen-bond acceptors (Lipinski definition) is 5. The van der Waals surface area contributed by atoms with Crippen molar-refractivity contribution < 1.29 is 13.2 Å². The van der Waals surface area contributed by atoms with Gasteiger partial charge < -0.3 is 4.57 Å². The summed E-state index contributed by atoms with van der Waals surface area (Å²) in [6, 6.07) is 24.9. The molecule has 2 aromatic heterocycles. The van der Waals surface area contributed by atoms with Crippen LogP contribution in [-0.2, 0) is 16.6 Å². The molecule has 9 heteroatoms. The van der Waals surface area contributed by atoms with Gasteiger partial charge in [-0.1, -0.05) is 91.0 Å². The summed E-state index contributed by atoms with van der Waals surface area (Å²) in [5.41, 5.74) is 4.64. The van der Waals surface area contributed by atoms with Crippen molar-refractivity contribution >= 4 is 56.9 Å². The summed E-state index contributed by atoms with van der Waals surface area (Å²) in [5.74, 6) is -0.160. The molecule has 0 spiro atoms. The molecule has 0 bridgehead atoms. The second-order valence-electron chi connectivity index (χ2n) is 9.09. The third-order valence-electron chi connectivity index (χ3n) is 6.34.